The van der Waals surface area contributed by atoms with Crippen LogP contribution in [0.5, 0.6) is 0 Å². The molecule has 0 saturated carbocycles. The van der Waals surface area contributed by atoms with Gasteiger partial charge in [0, 0.05) is 19.3 Å². The Balaban J connectivity index is 2.11. The molecule has 0 aromatic heterocycles. The van der Waals surface area contributed by atoms with E-state index in [4.69, 9.17) is 10.8 Å². The molecule has 13 heteroatoms. The van der Waals surface area contributed by atoms with E-state index in [2.05, 4.69) is 15.6 Å². The van der Waals surface area contributed by atoms with E-state index in [1.54, 1.807) is 6.08 Å². The van der Waals surface area contributed by atoms with E-state index < -0.39 is 54.3 Å². The molecule has 1 saturated heterocycles. The van der Waals surface area contributed by atoms with Gasteiger partial charge >= 0.3 is 12.0 Å². The molecule has 1 aromatic rings. The molecule has 1 aliphatic rings. The molecule has 0 aliphatic carbocycles. The molecule has 1 aliphatic heterocycles. The van der Waals surface area contributed by atoms with Crippen LogP contribution < -0.4 is 16.4 Å². The standard InChI is InChI=1S/C25H32N6O7/c1-15-6-4-5-7-18(15)8-9-27-16(2)22(35)28-17(3)24(37)31-11-10-30(25(26)38)13-20(31)23(36)29-19(14-32)12-21(33)34/h4-9,14,17,19-20H,10-13H2,1-3H3,(H2,26,38)(H,28,35)(H,29,36)(H,33,34)/b9-8-,27-16?/t17-,19?,20?/m0/s1. The summed E-state index contributed by atoms with van der Waals surface area (Å²) in [5.74, 6) is -3.36. The van der Waals surface area contributed by atoms with E-state index in [9.17, 15) is 28.8 Å². The zero-order chi connectivity index (χ0) is 28.4. The van der Waals surface area contributed by atoms with Crippen LogP contribution in [0.1, 0.15) is 31.4 Å². The number of aliphatic carboxylic acids is 1. The number of carboxylic acids is 1. The number of nitrogens with two attached hydrogens (primary N) is 1. The van der Waals surface area contributed by atoms with Crippen molar-refractivity contribution in [3.63, 3.8) is 0 Å². The molecule has 0 radical (unpaired) electrons. The highest BCUT2D eigenvalue weighted by Crippen LogP contribution is 2.13. The molecule has 5 N–H and O–H groups in total. The fourth-order valence-electron chi connectivity index (χ4n) is 3.74. The van der Waals surface area contributed by atoms with Crippen molar-refractivity contribution < 1.29 is 33.9 Å². The molecule has 204 valence electrons. The molecule has 2 rings (SSSR count). The zero-order valence-corrected chi connectivity index (χ0v) is 21.4. The largest absolute Gasteiger partial charge is 0.481 e. The van der Waals surface area contributed by atoms with Crippen LogP contribution in [-0.4, -0.2) is 94.4 Å². The average molecular weight is 529 g/mol. The number of nitrogens with one attached hydrogen (secondary N) is 2. The van der Waals surface area contributed by atoms with Crippen LogP contribution in [0.4, 0.5) is 4.79 Å². The number of hydrogen-bond donors (Lipinski definition) is 4. The summed E-state index contributed by atoms with van der Waals surface area (Å²) < 4.78 is 0. The van der Waals surface area contributed by atoms with Crippen molar-refractivity contribution in [3.05, 3.63) is 41.6 Å². The fraction of sp³-hybridized carbons (Fsp3) is 0.400. The van der Waals surface area contributed by atoms with Crippen LogP contribution in [0.3, 0.4) is 0 Å². The lowest BCUT2D eigenvalue weighted by atomic mass is 10.1. The third-order valence-corrected chi connectivity index (χ3v) is 5.92. The summed E-state index contributed by atoms with van der Waals surface area (Å²) in [5.41, 5.74) is 7.41. The number of benzene rings is 1. The number of primary amides is 1. The first-order valence-corrected chi connectivity index (χ1v) is 11.8. The number of urea groups is 1. The van der Waals surface area contributed by atoms with Gasteiger partial charge in [0.05, 0.1) is 19.0 Å². The van der Waals surface area contributed by atoms with Crippen molar-refractivity contribution in [2.75, 3.05) is 19.6 Å². The summed E-state index contributed by atoms with van der Waals surface area (Å²) in [7, 11) is 0. The second-order valence-electron chi connectivity index (χ2n) is 8.76. The van der Waals surface area contributed by atoms with E-state index in [0.29, 0.717) is 0 Å². The molecule has 0 bridgehead atoms. The normalized spacial score (nSPS) is 17.4. The number of piperazine rings is 1. The maximum Gasteiger partial charge on any atom is 0.314 e. The fourth-order valence-corrected chi connectivity index (χ4v) is 3.74. The molecule has 38 heavy (non-hydrogen) atoms. The Bertz CT molecular complexity index is 1150. The lowest BCUT2D eigenvalue weighted by Gasteiger charge is -2.41. The third-order valence-electron chi connectivity index (χ3n) is 5.92. The van der Waals surface area contributed by atoms with Crippen LogP contribution in [0.25, 0.3) is 6.08 Å². The summed E-state index contributed by atoms with van der Waals surface area (Å²) in [5, 5.41) is 13.7. The number of carbonyl (C=O) groups is 6. The van der Waals surface area contributed by atoms with Crippen molar-refractivity contribution >= 4 is 47.8 Å². The molecule has 1 heterocycles. The molecule has 3 atom stereocenters. The van der Waals surface area contributed by atoms with E-state index in [1.807, 2.05) is 31.2 Å². The van der Waals surface area contributed by atoms with Crippen molar-refractivity contribution in [2.24, 2.45) is 10.7 Å². The van der Waals surface area contributed by atoms with Crippen molar-refractivity contribution in [2.45, 2.75) is 45.3 Å². The Hall–Kier alpha value is -4.55. The minimum Gasteiger partial charge on any atom is -0.481 e. The summed E-state index contributed by atoms with van der Waals surface area (Å²) in [4.78, 5) is 79.0. The van der Waals surface area contributed by atoms with Gasteiger partial charge in [-0.05, 0) is 38.0 Å². The molecule has 1 aromatic carbocycles. The predicted octanol–water partition coefficient (Wildman–Crippen LogP) is -0.319. The van der Waals surface area contributed by atoms with Gasteiger partial charge < -0.3 is 36.1 Å². The smallest absolute Gasteiger partial charge is 0.314 e. The van der Waals surface area contributed by atoms with Crippen LogP contribution >= 0.6 is 0 Å². The lowest BCUT2D eigenvalue weighted by molar-refractivity contribution is -0.146. The number of carbonyl (C=O) groups excluding carboxylic acids is 5. The van der Waals surface area contributed by atoms with E-state index in [-0.39, 0.29) is 31.6 Å². The summed E-state index contributed by atoms with van der Waals surface area (Å²) >= 11 is 0. The molecule has 5 amide bonds. The number of aliphatic imine (C=N–C) groups is 1. The second-order valence-corrected chi connectivity index (χ2v) is 8.76. The number of aryl methyl sites for hydroxylation is 1. The van der Waals surface area contributed by atoms with Crippen molar-refractivity contribution in [3.8, 4) is 0 Å². The molecular formula is C25H32N6O7. The Morgan fingerprint density at radius 3 is 2.47 bits per heavy atom. The van der Waals surface area contributed by atoms with Gasteiger partial charge in [-0.3, -0.25) is 24.2 Å². The summed E-state index contributed by atoms with van der Waals surface area (Å²) in [6.45, 7) is 4.57. The highest BCUT2D eigenvalue weighted by atomic mass is 16.4. The number of aldehydes is 1. The Morgan fingerprint density at radius 1 is 1.18 bits per heavy atom. The van der Waals surface area contributed by atoms with Crippen molar-refractivity contribution in [1.82, 2.24) is 20.4 Å². The van der Waals surface area contributed by atoms with Crippen LogP contribution in [0, 0.1) is 6.92 Å². The average Bonchev–Trinajstić information content (AvgIpc) is 2.87. The second kappa shape index (κ2) is 13.7. The van der Waals surface area contributed by atoms with Crippen LogP contribution in [0.2, 0.25) is 0 Å². The summed E-state index contributed by atoms with van der Waals surface area (Å²) in [6, 6.07) is 3.18. The number of amides is 5. The van der Waals surface area contributed by atoms with Crippen molar-refractivity contribution in [1.29, 1.82) is 0 Å². The predicted molar refractivity (Wildman–Crippen MR) is 138 cm³/mol. The van der Waals surface area contributed by atoms with Gasteiger partial charge in [-0.1, -0.05) is 24.3 Å². The molecule has 1 fully saturated rings. The highest BCUT2D eigenvalue weighted by Gasteiger charge is 2.39. The van der Waals surface area contributed by atoms with Gasteiger partial charge in [0.1, 0.15) is 24.1 Å². The first kappa shape index (κ1) is 29.7. The van der Waals surface area contributed by atoms with Gasteiger partial charge in [0.25, 0.3) is 5.91 Å². The quantitative estimate of drug-likeness (QED) is 0.236. The maximum absolute atomic E-state index is 13.2. The zero-order valence-electron chi connectivity index (χ0n) is 21.4. The Labute approximate surface area is 219 Å². The molecule has 2 unspecified atom stereocenters. The highest BCUT2D eigenvalue weighted by molar-refractivity contribution is 6.38. The number of nitrogens with zero attached hydrogens (tertiary/aromatic N) is 3. The minimum absolute atomic E-state index is 0.0436. The third kappa shape index (κ3) is 8.25. The van der Waals surface area contributed by atoms with Crippen LogP contribution in [-0.2, 0) is 24.0 Å². The maximum atomic E-state index is 13.2. The monoisotopic (exact) mass is 528 g/mol. The first-order valence-electron chi connectivity index (χ1n) is 11.8. The lowest BCUT2D eigenvalue weighted by Crippen LogP contribution is -2.65. The number of carboxylic acid groups (broad SMARTS) is 1. The molecule has 0 spiro atoms. The number of hydrogen-bond acceptors (Lipinski definition) is 7. The summed E-state index contributed by atoms with van der Waals surface area (Å²) in [6.07, 6.45) is 2.84. The van der Waals surface area contributed by atoms with Gasteiger partial charge in [-0.15, -0.1) is 0 Å². The SMILES string of the molecule is CC(=N/C=C\c1ccccc1C)C(=O)N[C@@H](C)C(=O)N1CCN(C(N)=O)CC1C(=O)NC(C=O)CC(=O)O. The number of rotatable bonds is 10. The van der Waals surface area contributed by atoms with Gasteiger partial charge in [0.2, 0.25) is 11.8 Å². The van der Waals surface area contributed by atoms with E-state index >= 15 is 0 Å². The first-order chi connectivity index (χ1) is 17.9. The molecular weight excluding hydrogens is 496 g/mol. The topological polar surface area (TPSA) is 192 Å². The van der Waals surface area contributed by atoms with Gasteiger partial charge in [0.15, 0.2) is 0 Å². The Morgan fingerprint density at radius 2 is 1.87 bits per heavy atom. The van der Waals surface area contributed by atoms with E-state index in [1.165, 1.54) is 20.0 Å². The minimum atomic E-state index is -1.33. The molecule has 13 nitrogen and oxygen atoms in total. The van der Waals surface area contributed by atoms with Crippen LogP contribution in [0.15, 0.2) is 35.5 Å². The Kier molecular flexibility index (Phi) is 10.7. The van der Waals surface area contributed by atoms with Gasteiger partial charge in [-0.25, -0.2) is 4.79 Å². The van der Waals surface area contributed by atoms with Gasteiger partial charge in [-0.2, -0.15) is 0 Å². The van der Waals surface area contributed by atoms with E-state index in [0.717, 1.165) is 20.9 Å².